The van der Waals surface area contributed by atoms with Crippen LogP contribution in [0.3, 0.4) is 0 Å². The first-order valence-electron chi connectivity index (χ1n) is 7.63. The average Bonchev–Trinajstić information content (AvgIpc) is 2.59. The number of nitrogens with one attached hydrogen (secondary N) is 1. The van der Waals surface area contributed by atoms with Crippen molar-refractivity contribution in [3.05, 3.63) is 54.1 Å². The molecule has 0 aromatic heterocycles. The van der Waals surface area contributed by atoms with Gasteiger partial charge in [-0.05, 0) is 42.8 Å². The molecule has 1 N–H and O–H groups in total. The Labute approximate surface area is 143 Å². The summed E-state index contributed by atoms with van der Waals surface area (Å²) < 4.78 is 48.5. The molecule has 134 valence electrons. The lowest BCUT2D eigenvalue weighted by molar-refractivity contribution is -0.137. The molecule has 2 aromatic carbocycles. The van der Waals surface area contributed by atoms with E-state index in [1.165, 1.54) is 19.2 Å². The molecule has 1 atom stereocenters. The molecule has 0 spiro atoms. The number of ether oxygens (including phenoxy) is 2. The van der Waals surface area contributed by atoms with Crippen molar-refractivity contribution in [1.82, 2.24) is 0 Å². The number of hydrogen-bond donors (Lipinski definition) is 1. The molecule has 0 saturated carbocycles. The lowest BCUT2D eigenvalue weighted by Gasteiger charge is -2.19. The maximum absolute atomic E-state index is 12.6. The molecule has 1 amide bonds. The van der Waals surface area contributed by atoms with Gasteiger partial charge >= 0.3 is 6.18 Å². The van der Waals surface area contributed by atoms with Crippen LogP contribution in [0.2, 0.25) is 0 Å². The zero-order valence-corrected chi connectivity index (χ0v) is 13.8. The highest BCUT2D eigenvalue weighted by Crippen LogP contribution is 2.30. The molecule has 0 unspecified atom stereocenters. The molecule has 0 radical (unpaired) electrons. The Morgan fingerprint density at radius 2 is 1.68 bits per heavy atom. The van der Waals surface area contributed by atoms with E-state index < -0.39 is 23.8 Å². The molecule has 2 rings (SSSR count). The van der Waals surface area contributed by atoms with Gasteiger partial charge in [0, 0.05) is 5.69 Å². The molecule has 0 saturated heterocycles. The zero-order valence-electron chi connectivity index (χ0n) is 13.8. The van der Waals surface area contributed by atoms with Crippen molar-refractivity contribution in [3.63, 3.8) is 0 Å². The topological polar surface area (TPSA) is 47.6 Å². The van der Waals surface area contributed by atoms with E-state index in [9.17, 15) is 18.0 Å². The van der Waals surface area contributed by atoms with Gasteiger partial charge in [0.05, 0.1) is 12.7 Å². The largest absolute Gasteiger partial charge is 0.493 e. The lowest BCUT2D eigenvalue weighted by Crippen LogP contribution is -2.32. The molecule has 0 heterocycles. The predicted molar refractivity (Wildman–Crippen MR) is 87.8 cm³/mol. The van der Waals surface area contributed by atoms with Crippen molar-refractivity contribution in [2.45, 2.75) is 25.6 Å². The van der Waals surface area contributed by atoms with Crippen LogP contribution < -0.4 is 14.8 Å². The summed E-state index contributed by atoms with van der Waals surface area (Å²) in [5, 5.41) is 2.56. The smallest absolute Gasteiger partial charge is 0.416 e. The molecular weight excluding hydrogens is 335 g/mol. The number of para-hydroxylation sites is 2. The van der Waals surface area contributed by atoms with Crippen molar-refractivity contribution >= 4 is 11.6 Å². The summed E-state index contributed by atoms with van der Waals surface area (Å²) in [6, 6.07) is 11.1. The molecular formula is C18H18F3NO3. The fourth-order valence-corrected chi connectivity index (χ4v) is 2.16. The Hall–Kier alpha value is -2.70. The number of methoxy groups -OCH3 is 1. The predicted octanol–water partition coefficient (Wildman–Crippen LogP) is 4.51. The molecule has 25 heavy (non-hydrogen) atoms. The van der Waals surface area contributed by atoms with Crippen LogP contribution in [0.5, 0.6) is 11.5 Å². The second-order valence-electron chi connectivity index (χ2n) is 5.23. The highest BCUT2D eigenvalue weighted by Gasteiger charge is 2.30. The minimum Gasteiger partial charge on any atom is -0.493 e. The number of carbonyl (C=O) groups is 1. The number of halogens is 3. The van der Waals surface area contributed by atoms with Crippen LogP contribution in [0.4, 0.5) is 18.9 Å². The van der Waals surface area contributed by atoms with Crippen LogP contribution in [0, 0.1) is 0 Å². The van der Waals surface area contributed by atoms with Crippen molar-refractivity contribution in [3.8, 4) is 11.5 Å². The van der Waals surface area contributed by atoms with Crippen LogP contribution in [0.25, 0.3) is 0 Å². The second-order valence-corrected chi connectivity index (χ2v) is 5.23. The van der Waals surface area contributed by atoms with E-state index in [4.69, 9.17) is 9.47 Å². The third-order valence-electron chi connectivity index (χ3n) is 3.48. The van der Waals surface area contributed by atoms with E-state index in [0.29, 0.717) is 17.9 Å². The lowest BCUT2D eigenvalue weighted by atomic mass is 10.2. The molecule has 0 aliphatic heterocycles. The highest BCUT2D eigenvalue weighted by molar-refractivity contribution is 5.94. The zero-order chi connectivity index (χ0) is 18.4. The summed E-state index contributed by atoms with van der Waals surface area (Å²) in [6.07, 6.45) is -4.84. The Morgan fingerprint density at radius 1 is 1.08 bits per heavy atom. The summed E-state index contributed by atoms with van der Waals surface area (Å²) in [5.41, 5.74) is -0.511. The molecule has 0 aliphatic rings. The average molecular weight is 353 g/mol. The molecule has 4 nitrogen and oxygen atoms in total. The van der Waals surface area contributed by atoms with Crippen molar-refractivity contribution in [1.29, 1.82) is 0 Å². The summed E-state index contributed by atoms with van der Waals surface area (Å²) >= 11 is 0. The van der Waals surface area contributed by atoms with Gasteiger partial charge in [0.2, 0.25) is 0 Å². The molecule has 2 aromatic rings. The van der Waals surface area contributed by atoms with E-state index in [1.54, 1.807) is 31.2 Å². The van der Waals surface area contributed by atoms with Gasteiger partial charge < -0.3 is 14.8 Å². The van der Waals surface area contributed by atoms with Crippen LogP contribution in [0.1, 0.15) is 18.9 Å². The number of rotatable bonds is 6. The summed E-state index contributed by atoms with van der Waals surface area (Å²) in [5.74, 6) is 0.455. The minimum atomic E-state index is -4.42. The van der Waals surface area contributed by atoms with Gasteiger partial charge in [0.15, 0.2) is 17.6 Å². The van der Waals surface area contributed by atoms with Crippen LogP contribution in [0.15, 0.2) is 48.5 Å². The van der Waals surface area contributed by atoms with Gasteiger partial charge in [-0.3, -0.25) is 4.79 Å². The van der Waals surface area contributed by atoms with Gasteiger partial charge in [-0.1, -0.05) is 19.1 Å². The Kier molecular flexibility index (Phi) is 5.90. The van der Waals surface area contributed by atoms with E-state index >= 15 is 0 Å². The first-order chi connectivity index (χ1) is 11.8. The van der Waals surface area contributed by atoms with E-state index in [0.717, 1.165) is 12.1 Å². The van der Waals surface area contributed by atoms with Gasteiger partial charge in [0.25, 0.3) is 5.91 Å². The van der Waals surface area contributed by atoms with E-state index in [2.05, 4.69) is 5.32 Å². The maximum atomic E-state index is 12.6. The first kappa shape index (κ1) is 18.6. The normalized spacial score (nSPS) is 12.4. The Balaban J connectivity index is 2.07. The van der Waals surface area contributed by atoms with Crippen LogP contribution in [-0.4, -0.2) is 19.1 Å². The standard InChI is InChI=1S/C18H18F3NO3/c1-3-14(25-16-7-5-4-6-15(16)24-2)17(23)22-13-10-8-12(9-11-13)18(19,20)21/h4-11,14H,3H2,1-2H3,(H,22,23)/t14-/m1/s1. The monoisotopic (exact) mass is 353 g/mol. The first-order valence-corrected chi connectivity index (χ1v) is 7.63. The van der Waals surface area contributed by atoms with Crippen molar-refractivity contribution in [2.75, 3.05) is 12.4 Å². The van der Waals surface area contributed by atoms with Crippen molar-refractivity contribution in [2.24, 2.45) is 0 Å². The highest BCUT2D eigenvalue weighted by atomic mass is 19.4. The fourth-order valence-electron chi connectivity index (χ4n) is 2.16. The van der Waals surface area contributed by atoms with Gasteiger partial charge in [-0.2, -0.15) is 13.2 Å². The molecule has 0 bridgehead atoms. The molecule has 0 aliphatic carbocycles. The van der Waals surface area contributed by atoms with Crippen LogP contribution in [-0.2, 0) is 11.0 Å². The number of alkyl halides is 3. The van der Waals surface area contributed by atoms with Gasteiger partial charge in [-0.15, -0.1) is 0 Å². The minimum absolute atomic E-state index is 0.264. The summed E-state index contributed by atoms with van der Waals surface area (Å²) in [7, 11) is 1.49. The quantitative estimate of drug-likeness (QED) is 0.831. The number of amides is 1. The van der Waals surface area contributed by atoms with E-state index in [-0.39, 0.29) is 5.69 Å². The Morgan fingerprint density at radius 3 is 2.20 bits per heavy atom. The van der Waals surface area contributed by atoms with E-state index in [1.807, 2.05) is 0 Å². The number of hydrogen-bond acceptors (Lipinski definition) is 3. The second kappa shape index (κ2) is 7.92. The van der Waals surface area contributed by atoms with Crippen LogP contribution >= 0.6 is 0 Å². The van der Waals surface area contributed by atoms with Gasteiger partial charge in [-0.25, -0.2) is 0 Å². The van der Waals surface area contributed by atoms with Crippen molar-refractivity contribution < 1.29 is 27.4 Å². The summed E-state index contributed by atoms with van der Waals surface area (Å²) in [6.45, 7) is 1.77. The number of anilines is 1. The Bertz CT molecular complexity index is 714. The third-order valence-corrected chi connectivity index (χ3v) is 3.48. The number of carbonyl (C=O) groups excluding carboxylic acids is 1. The maximum Gasteiger partial charge on any atom is 0.416 e. The van der Waals surface area contributed by atoms with Gasteiger partial charge in [0.1, 0.15) is 0 Å². The third kappa shape index (κ3) is 4.89. The summed E-state index contributed by atoms with van der Waals surface area (Å²) in [4.78, 5) is 12.3. The number of benzene rings is 2. The fraction of sp³-hybridized carbons (Fsp3) is 0.278. The SMILES string of the molecule is CC[C@@H](Oc1ccccc1OC)C(=O)Nc1ccc(C(F)(F)F)cc1. The molecule has 0 fully saturated rings. The molecule has 7 heteroatoms.